The molecule has 0 aromatic carbocycles. The van der Waals surface area contributed by atoms with Crippen LogP contribution in [0.25, 0.3) is 0 Å². The van der Waals surface area contributed by atoms with Crippen molar-refractivity contribution >= 4 is 5.97 Å². The lowest BCUT2D eigenvalue weighted by Crippen LogP contribution is -2.51. The van der Waals surface area contributed by atoms with Gasteiger partial charge in [0.2, 0.25) is 0 Å². The third-order valence-electron chi connectivity index (χ3n) is 3.63. The van der Waals surface area contributed by atoms with Crippen molar-refractivity contribution in [2.24, 2.45) is 17.1 Å². The summed E-state index contributed by atoms with van der Waals surface area (Å²) in [6, 6.07) is 0. The molecular weight excluding hydrogens is 216 g/mol. The molecule has 5 heteroatoms. The molecule has 0 aliphatic heterocycles. The van der Waals surface area contributed by atoms with E-state index in [1.807, 2.05) is 0 Å². The van der Waals surface area contributed by atoms with Crippen LogP contribution in [0.3, 0.4) is 0 Å². The van der Waals surface area contributed by atoms with Crippen LogP contribution in [0.15, 0.2) is 0 Å². The van der Waals surface area contributed by atoms with Gasteiger partial charge in [0.15, 0.2) is 0 Å². The van der Waals surface area contributed by atoms with Gasteiger partial charge in [-0.15, -0.1) is 0 Å². The van der Waals surface area contributed by atoms with Crippen LogP contribution >= 0.6 is 0 Å². The SMILES string of the molecule is COC(=O)C(CN)(C(F)F)C1CCCCC1. The van der Waals surface area contributed by atoms with Crippen molar-refractivity contribution in [2.45, 2.75) is 38.5 Å². The molecule has 0 aromatic heterocycles. The van der Waals surface area contributed by atoms with E-state index < -0.39 is 17.8 Å². The maximum absolute atomic E-state index is 13.2. The first-order valence-electron chi connectivity index (χ1n) is 5.66. The Morgan fingerprint density at radius 1 is 1.44 bits per heavy atom. The lowest BCUT2D eigenvalue weighted by Gasteiger charge is -2.38. The molecule has 0 saturated heterocycles. The number of hydrogen-bond acceptors (Lipinski definition) is 3. The molecule has 0 radical (unpaired) electrons. The minimum absolute atomic E-state index is 0.345. The Balaban J connectivity index is 2.95. The van der Waals surface area contributed by atoms with Crippen molar-refractivity contribution in [1.29, 1.82) is 0 Å². The third kappa shape index (κ3) is 2.19. The Kier molecular flexibility index (Phi) is 4.65. The first kappa shape index (κ1) is 13.4. The van der Waals surface area contributed by atoms with Crippen LogP contribution in [0, 0.1) is 11.3 Å². The zero-order chi connectivity index (χ0) is 12.2. The summed E-state index contributed by atoms with van der Waals surface area (Å²) in [6.07, 6.45) is 1.33. The second-order valence-electron chi connectivity index (χ2n) is 4.37. The van der Waals surface area contributed by atoms with Crippen molar-refractivity contribution in [3.05, 3.63) is 0 Å². The maximum atomic E-state index is 13.2. The summed E-state index contributed by atoms with van der Waals surface area (Å²) in [6.45, 7) is -0.345. The van der Waals surface area contributed by atoms with Crippen LogP contribution in [-0.4, -0.2) is 26.0 Å². The number of rotatable bonds is 4. The number of ether oxygens (including phenoxy) is 1. The Hall–Kier alpha value is -0.710. The highest BCUT2D eigenvalue weighted by Crippen LogP contribution is 2.43. The molecule has 1 aliphatic carbocycles. The lowest BCUT2D eigenvalue weighted by molar-refractivity contribution is -0.170. The largest absolute Gasteiger partial charge is 0.468 e. The number of hydrogen-bond donors (Lipinski definition) is 1. The van der Waals surface area contributed by atoms with E-state index in [0.717, 1.165) is 26.4 Å². The molecule has 1 atom stereocenters. The minimum atomic E-state index is -2.76. The fourth-order valence-corrected chi connectivity index (χ4v) is 2.58. The first-order chi connectivity index (χ1) is 7.59. The summed E-state index contributed by atoms with van der Waals surface area (Å²) in [7, 11) is 1.14. The van der Waals surface area contributed by atoms with E-state index in [1.54, 1.807) is 0 Å². The van der Waals surface area contributed by atoms with Gasteiger partial charge < -0.3 is 10.5 Å². The monoisotopic (exact) mass is 235 g/mol. The maximum Gasteiger partial charge on any atom is 0.319 e. The molecule has 1 rings (SSSR count). The van der Waals surface area contributed by atoms with Crippen LogP contribution in [0.4, 0.5) is 8.78 Å². The van der Waals surface area contributed by atoms with E-state index in [1.165, 1.54) is 0 Å². The Bertz CT molecular complexity index is 242. The molecule has 0 heterocycles. The van der Waals surface area contributed by atoms with Gasteiger partial charge in [0.25, 0.3) is 6.43 Å². The van der Waals surface area contributed by atoms with Gasteiger partial charge in [-0.2, -0.15) is 0 Å². The molecule has 3 nitrogen and oxygen atoms in total. The second-order valence-corrected chi connectivity index (χ2v) is 4.37. The van der Waals surface area contributed by atoms with Crippen molar-refractivity contribution in [1.82, 2.24) is 0 Å². The fraction of sp³-hybridized carbons (Fsp3) is 0.909. The Labute approximate surface area is 94.3 Å². The molecule has 1 fully saturated rings. The van der Waals surface area contributed by atoms with Crippen molar-refractivity contribution in [3.8, 4) is 0 Å². The molecule has 1 unspecified atom stereocenters. The van der Waals surface area contributed by atoms with Crippen LogP contribution in [0.5, 0.6) is 0 Å². The van der Waals surface area contributed by atoms with Crippen LogP contribution in [0.1, 0.15) is 32.1 Å². The topological polar surface area (TPSA) is 52.3 Å². The summed E-state index contributed by atoms with van der Waals surface area (Å²) < 4.78 is 30.9. The fourth-order valence-electron chi connectivity index (χ4n) is 2.58. The summed E-state index contributed by atoms with van der Waals surface area (Å²) in [4.78, 5) is 11.6. The summed E-state index contributed by atoms with van der Waals surface area (Å²) in [5.41, 5.74) is 3.64. The highest BCUT2D eigenvalue weighted by atomic mass is 19.3. The number of nitrogens with two attached hydrogens (primary N) is 1. The van der Waals surface area contributed by atoms with E-state index in [4.69, 9.17) is 5.73 Å². The molecular formula is C11H19F2NO2. The van der Waals surface area contributed by atoms with E-state index in [2.05, 4.69) is 4.74 Å². The first-order valence-corrected chi connectivity index (χ1v) is 5.66. The van der Waals surface area contributed by atoms with Crippen molar-refractivity contribution < 1.29 is 18.3 Å². The van der Waals surface area contributed by atoms with Gasteiger partial charge in [0, 0.05) is 6.54 Å². The quantitative estimate of drug-likeness (QED) is 0.758. The molecule has 0 bridgehead atoms. The molecule has 16 heavy (non-hydrogen) atoms. The highest BCUT2D eigenvalue weighted by molar-refractivity contribution is 5.78. The second kappa shape index (κ2) is 5.57. The normalized spacial score (nSPS) is 21.8. The van der Waals surface area contributed by atoms with E-state index in [-0.39, 0.29) is 12.5 Å². The molecule has 0 aromatic rings. The standard InChI is InChI=1S/C11H19F2NO2/c1-16-10(15)11(7-14,9(12)13)8-5-3-2-4-6-8/h8-9H,2-7,14H2,1H3. The van der Waals surface area contributed by atoms with E-state index in [9.17, 15) is 13.6 Å². The molecule has 0 spiro atoms. The molecule has 1 aliphatic rings. The third-order valence-corrected chi connectivity index (χ3v) is 3.63. The van der Waals surface area contributed by atoms with Gasteiger partial charge in [0.05, 0.1) is 7.11 Å². The van der Waals surface area contributed by atoms with Gasteiger partial charge in [-0.3, -0.25) is 4.79 Å². The Morgan fingerprint density at radius 2 is 2.00 bits per heavy atom. The number of alkyl halides is 2. The molecule has 0 amide bonds. The van der Waals surface area contributed by atoms with Gasteiger partial charge >= 0.3 is 5.97 Å². The van der Waals surface area contributed by atoms with E-state index in [0.29, 0.717) is 12.8 Å². The van der Waals surface area contributed by atoms with E-state index >= 15 is 0 Å². The number of halogens is 2. The highest BCUT2D eigenvalue weighted by Gasteiger charge is 2.53. The molecule has 94 valence electrons. The minimum Gasteiger partial charge on any atom is -0.468 e. The average Bonchev–Trinajstić information content (AvgIpc) is 2.31. The number of carbonyl (C=O) groups excluding carboxylic acids is 1. The predicted molar refractivity (Wildman–Crippen MR) is 56.1 cm³/mol. The van der Waals surface area contributed by atoms with Crippen molar-refractivity contribution in [2.75, 3.05) is 13.7 Å². The van der Waals surface area contributed by atoms with Gasteiger partial charge in [-0.1, -0.05) is 19.3 Å². The predicted octanol–water partition coefficient (Wildman–Crippen LogP) is 1.95. The lowest BCUT2D eigenvalue weighted by atomic mass is 9.68. The van der Waals surface area contributed by atoms with Gasteiger partial charge in [-0.05, 0) is 18.8 Å². The average molecular weight is 235 g/mol. The number of esters is 1. The van der Waals surface area contributed by atoms with Crippen LogP contribution < -0.4 is 5.73 Å². The summed E-state index contributed by atoms with van der Waals surface area (Å²) >= 11 is 0. The zero-order valence-corrected chi connectivity index (χ0v) is 9.55. The zero-order valence-electron chi connectivity index (χ0n) is 9.55. The smallest absolute Gasteiger partial charge is 0.319 e. The summed E-state index contributed by atoms with van der Waals surface area (Å²) in [5, 5.41) is 0. The molecule has 1 saturated carbocycles. The van der Waals surface area contributed by atoms with Crippen LogP contribution in [0.2, 0.25) is 0 Å². The number of methoxy groups -OCH3 is 1. The molecule has 2 N–H and O–H groups in total. The Morgan fingerprint density at radius 3 is 2.38 bits per heavy atom. The van der Waals surface area contributed by atoms with Crippen molar-refractivity contribution in [3.63, 3.8) is 0 Å². The van der Waals surface area contributed by atoms with Gasteiger partial charge in [-0.25, -0.2) is 8.78 Å². The number of carbonyl (C=O) groups is 1. The van der Waals surface area contributed by atoms with Gasteiger partial charge in [0.1, 0.15) is 5.41 Å². The summed E-state index contributed by atoms with van der Waals surface area (Å²) in [5.74, 6) is -1.21. The van der Waals surface area contributed by atoms with Crippen LogP contribution in [-0.2, 0) is 9.53 Å².